The molecule has 1 heterocycles. The van der Waals surface area contributed by atoms with Crippen LogP contribution in [0.1, 0.15) is 25.0 Å². The van der Waals surface area contributed by atoms with Crippen molar-refractivity contribution in [2.75, 3.05) is 13.2 Å². The molecule has 0 saturated carbocycles. The number of amides is 1. The largest absolute Gasteiger partial charge is 0.468 e. The normalized spacial score (nSPS) is 14.3. The van der Waals surface area contributed by atoms with Gasteiger partial charge in [-0.2, -0.15) is 13.2 Å². The van der Waals surface area contributed by atoms with Crippen LogP contribution in [-0.4, -0.2) is 46.5 Å². The Morgan fingerprint density at radius 2 is 2.09 bits per heavy atom. The number of carbonyl (C=O) groups excluding carboxylic acids is 1. The summed E-state index contributed by atoms with van der Waals surface area (Å²) in [6.45, 7) is 0.0570. The van der Waals surface area contributed by atoms with Crippen LogP contribution >= 0.6 is 0 Å². The highest BCUT2D eigenvalue weighted by Crippen LogP contribution is 2.21. The topological polar surface area (TPSA) is 91.7 Å². The fourth-order valence-corrected chi connectivity index (χ4v) is 1.58. The second-order valence-electron chi connectivity index (χ2n) is 4.62. The molecule has 0 bridgehead atoms. The molecule has 0 saturated heterocycles. The first-order valence-corrected chi connectivity index (χ1v) is 6.45. The molecule has 124 valence electrons. The number of carbonyl (C=O) groups is 1. The summed E-state index contributed by atoms with van der Waals surface area (Å²) in [5, 5.41) is 22.1. The molecular formula is C13H17F3N2O4. The number of aromatic nitrogens is 1. The number of aliphatic hydroxyl groups is 2. The van der Waals surface area contributed by atoms with Crippen molar-refractivity contribution in [1.82, 2.24) is 10.3 Å². The van der Waals surface area contributed by atoms with Crippen LogP contribution in [-0.2, 0) is 4.79 Å². The predicted octanol–water partition coefficient (Wildman–Crippen LogP) is 0.943. The van der Waals surface area contributed by atoms with E-state index in [-0.39, 0.29) is 30.3 Å². The number of rotatable bonds is 7. The van der Waals surface area contributed by atoms with Gasteiger partial charge in [-0.25, -0.2) is 4.98 Å². The van der Waals surface area contributed by atoms with Crippen molar-refractivity contribution in [1.29, 1.82) is 0 Å². The third kappa shape index (κ3) is 6.72. The van der Waals surface area contributed by atoms with Crippen LogP contribution in [0.15, 0.2) is 18.3 Å². The van der Waals surface area contributed by atoms with Gasteiger partial charge in [0.15, 0.2) is 6.61 Å². The quantitative estimate of drug-likeness (QED) is 0.695. The maximum Gasteiger partial charge on any atom is 0.422 e. The van der Waals surface area contributed by atoms with E-state index in [0.717, 1.165) is 6.20 Å². The van der Waals surface area contributed by atoms with Gasteiger partial charge in [-0.3, -0.25) is 4.79 Å². The zero-order chi connectivity index (χ0) is 16.8. The number of hydrogen-bond donors (Lipinski definition) is 3. The van der Waals surface area contributed by atoms with E-state index in [0.29, 0.717) is 0 Å². The lowest BCUT2D eigenvalue weighted by Gasteiger charge is -2.18. The van der Waals surface area contributed by atoms with Gasteiger partial charge in [0.2, 0.25) is 11.8 Å². The SMILES string of the molecule is CC(=O)NCCC(O)C(O)c1ccc(OCC(F)(F)F)nc1. The summed E-state index contributed by atoms with van der Waals surface area (Å²) in [6.07, 6.45) is -5.63. The van der Waals surface area contributed by atoms with Crippen molar-refractivity contribution in [3.63, 3.8) is 0 Å². The Labute approximate surface area is 124 Å². The van der Waals surface area contributed by atoms with E-state index in [1.54, 1.807) is 0 Å². The van der Waals surface area contributed by atoms with E-state index in [2.05, 4.69) is 15.0 Å². The number of aliphatic hydroxyl groups excluding tert-OH is 2. The molecular weight excluding hydrogens is 305 g/mol. The lowest BCUT2D eigenvalue weighted by atomic mass is 10.0. The van der Waals surface area contributed by atoms with Gasteiger partial charge in [0.25, 0.3) is 0 Å². The summed E-state index contributed by atoms with van der Waals surface area (Å²) in [5.74, 6) is -0.490. The van der Waals surface area contributed by atoms with Gasteiger partial charge in [-0.1, -0.05) is 0 Å². The van der Waals surface area contributed by atoms with Gasteiger partial charge in [0.1, 0.15) is 6.10 Å². The zero-order valence-electron chi connectivity index (χ0n) is 11.8. The third-order valence-electron chi connectivity index (χ3n) is 2.66. The molecule has 1 amide bonds. The van der Waals surface area contributed by atoms with Crippen LogP contribution in [0.25, 0.3) is 0 Å². The molecule has 1 aromatic rings. The molecule has 22 heavy (non-hydrogen) atoms. The van der Waals surface area contributed by atoms with E-state index in [1.807, 2.05) is 0 Å². The lowest BCUT2D eigenvalue weighted by Crippen LogP contribution is -2.27. The molecule has 1 aromatic heterocycles. The Morgan fingerprint density at radius 1 is 1.41 bits per heavy atom. The molecule has 0 aromatic carbocycles. The Hall–Kier alpha value is -1.87. The molecule has 1 rings (SSSR count). The standard InChI is InChI=1S/C13H17F3N2O4/c1-8(19)17-5-4-10(20)12(21)9-2-3-11(18-6-9)22-7-13(14,15)16/h2-3,6,10,12,20-21H,4-5,7H2,1H3,(H,17,19). The number of alkyl halides is 3. The van der Waals surface area contributed by atoms with Gasteiger partial charge >= 0.3 is 6.18 Å². The van der Waals surface area contributed by atoms with Crippen LogP contribution in [0.5, 0.6) is 5.88 Å². The molecule has 0 spiro atoms. The monoisotopic (exact) mass is 322 g/mol. The summed E-state index contributed by atoms with van der Waals surface area (Å²) in [7, 11) is 0. The number of ether oxygens (including phenoxy) is 1. The van der Waals surface area contributed by atoms with Crippen LogP contribution in [0.4, 0.5) is 13.2 Å². The Kier molecular flexibility index (Phi) is 6.57. The minimum Gasteiger partial charge on any atom is -0.468 e. The van der Waals surface area contributed by atoms with E-state index < -0.39 is 25.0 Å². The minimum absolute atomic E-state index is 0.118. The second-order valence-corrected chi connectivity index (χ2v) is 4.62. The minimum atomic E-state index is -4.46. The first kappa shape index (κ1) is 18.2. The summed E-state index contributed by atoms with van der Waals surface area (Å²) < 4.78 is 40.4. The van der Waals surface area contributed by atoms with Gasteiger partial charge in [-0.15, -0.1) is 0 Å². The van der Waals surface area contributed by atoms with Crippen molar-refractivity contribution >= 4 is 5.91 Å². The molecule has 0 fully saturated rings. The van der Waals surface area contributed by atoms with Gasteiger partial charge in [0, 0.05) is 31.3 Å². The van der Waals surface area contributed by atoms with Crippen molar-refractivity contribution < 1.29 is 32.9 Å². The van der Waals surface area contributed by atoms with Crippen molar-refractivity contribution in [3.8, 4) is 5.88 Å². The molecule has 2 unspecified atom stereocenters. The van der Waals surface area contributed by atoms with Crippen LogP contribution in [0.3, 0.4) is 0 Å². The van der Waals surface area contributed by atoms with Crippen LogP contribution in [0, 0.1) is 0 Å². The van der Waals surface area contributed by atoms with Gasteiger partial charge in [0.05, 0.1) is 6.10 Å². The number of pyridine rings is 1. The van der Waals surface area contributed by atoms with E-state index in [4.69, 9.17) is 0 Å². The molecule has 0 aliphatic rings. The highest BCUT2D eigenvalue weighted by molar-refractivity contribution is 5.72. The second kappa shape index (κ2) is 7.95. The van der Waals surface area contributed by atoms with Gasteiger partial charge in [-0.05, 0) is 12.5 Å². The zero-order valence-corrected chi connectivity index (χ0v) is 11.8. The Bertz CT molecular complexity index is 479. The third-order valence-corrected chi connectivity index (χ3v) is 2.66. The molecule has 0 radical (unpaired) electrons. The van der Waals surface area contributed by atoms with Crippen LogP contribution < -0.4 is 10.1 Å². The molecule has 0 aliphatic carbocycles. The van der Waals surface area contributed by atoms with Crippen LogP contribution in [0.2, 0.25) is 0 Å². The number of nitrogens with one attached hydrogen (secondary N) is 1. The van der Waals surface area contributed by atoms with E-state index in [9.17, 15) is 28.2 Å². The van der Waals surface area contributed by atoms with Crippen molar-refractivity contribution in [3.05, 3.63) is 23.9 Å². The summed E-state index contributed by atoms with van der Waals surface area (Å²) in [6, 6.07) is 2.48. The Morgan fingerprint density at radius 3 is 2.59 bits per heavy atom. The maximum absolute atomic E-state index is 12.0. The predicted molar refractivity (Wildman–Crippen MR) is 70.1 cm³/mol. The molecule has 0 aliphatic heterocycles. The molecule has 2 atom stereocenters. The fraction of sp³-hybridized carbons (Fsp3) is 0.538. The molecule has 6 nitrogen and oxygen atoms in total. The number of hydrogen-bond acceptors (Lipinski definition) is 5. The fourth-order valence-electron chi connectivity index (χ4n) is 1.58. The van der Waals surface area contributed by atoms with Crippen molar-refractivity contribution in [2.45, 2.75) is 31.7 Å². The average molecular weight is 322 g/mol. The van der Waals surface area contributed by atoms with E-state index >= 15 is 0 Å². The summed E-state index contributed by atoms with van der Waals surface area (Å²) in [5.41, 5.74) is 0.231. The lowest BCUT2D eigenvalue weighted by molar-refractivity contribution is -0.154. The number of halogens is 3. The summed E-state index contributed by atoms with van der Waals surface area (Å²) in [4.78, 5) is 14.3. The smallest absolute Gasteiger partial charge is 0.422 e. The number of nitrogens with zero attached hydrogens (tertiary/aromatic N) is 1. The maximum atomic E-state index is 12.0. The molecule has 9 heteroatoms. The first-order chi connectivity index (χ1) is 10.2. The molecule has 3 N–H and O–H groups in total. The first-order valence-electron chi connectivity index (χ1n) is 6.45. The highest BCUT2D eigenvalue weighted by Gasteiger charge is 2.28. The summed E-state index contributed by atoms with van der Waals surface area (Å²) >= 11 is 0. The Balaban J connectivity index is 2.52. The van der Waals surface area contributed by atoms with E-state index in [1.165, 1.54) is 19.1 Å². The highest BCUT2D eigenvalue weighted by atomic mass is 19.4. The van der Waals surface area contributed by atoms with Crippen molar-refractivity contribution in [2.24, 2.45) is 0 Å². The average Bonchev–Trinajstić information content (AvgIpc) is 2.43. The van der Waals surface area contributed by atoms with Gasteiger partial charge < -0.3 is 20.3 Å².